The third-order valence-corrected chi connectivity index (χ3v) is 3.96. The minimum absolute atomic E-state index is 0.266. The molecule has 1 heterocycles. The second-order valence-electron chi connectivity index (χ2n) is 5.70. The molecule has 21 heavy (non-hydrogen) atoms. The Morgan fingerprint density at radius 2 is 2.05 bits per heavy atom. The Morgan fingerprint density at radius 1 is 1.29 bits per heavy atom. The zero-order valence-electron chi connectivity index (χ0n) is 13.4. The Balaban J connectivity index is 2.22. The first-order valence-electron chi connectivity index (χ1n) is 7.65. The molecule has 3 nitrogen and oxygen atoms in total. The number of nitrogens with one attached hydrogen (secondary N) is 1. The molecule has 0 radical (unpaired) electrons. The summed E-state index contributed by atoms with van der Waals surface area (Å²) in [6, 6.07) is 4.04. The molecule has 2 aromatic rings. The van der Waals surface area contributed by atoms with Gasteiger partial charge in [-0.1, -0.05) is 6.92 Å². The zero-order valence-corrected chi connectivity index (χ0v) is 13.4. The standard InChI is InChI=1S/C17H25FN2O/c1-5-9-20(12(2)3)10-8-13-11-19-14-6-7-15(21-4)17(18)16(13)14/h6-7,11-12,19H,5,8-10H2,1-4H3. The summed E-state index contributed by atoms with van der Waals surface area (Å²) in [7, 11) is 1.50. The number of hydrogen-bond acceptors (Lipinski definition) is 2. The molecule has 1 N–H and O–H groups in total. The molecular weight excluding hydrogens is 267 g/mol. The lowest BCUT2D eigenvalue weighted by molar-refractivity contribution is 0.225. The van der Waals surface area contributed by atoms with Crippen molar-refractivity contribution >= 4 is 10.9 Å². The van der Waals surface area contributed by atoms with E-state index in [0.29, 0.717) is 17.2 Å². The molecule has 0 aliphatic heterocycles. The third-order valence-electron chi connectivity index (χ3n) is 3.96. The number of halogens is 1. The molecule has 0 unspecified atom stereocenters. The average molecular weight is 292 g/mol. The van der Waals surface area contributed by atoms with E-state index in [1.807, 2.05) is 12.3 Å². The molecular formula is C17H25FN2O. The highest BCUT2D eigenvalue weighted by Gasteiger charge is 2.15. The van der Waals surface area contributed by atoms with Gasteiger partial charge in [-0.05, 0) is 50.9 Å². The smallest absolute Gasteiger partial charge is 0.174 e. The van der Waals surface area contributed by atoms with Crippen LogP contribution in [0, 0.1) is 5.82 Å². The van der Waals surface area contributed by atoms with Crippen molar-refractivity contribution in [1.82, 2.24) is 9.88 Å². The highest BCUT2D eigenvalue weighted by Crippen LogP contribution is 2.29. The van der Waals surface area contributed by atoms with Gasteiger partial charge in [-0.25, -0.2) is 4.39 Å². The van der Waals surface area contributed by atoms with Crippen molar-refractivity contribution in [1.29, 1.82) is 0 Å². The molecule has 0 aliphatic rings. The van der Waals surface area contributed by atoms with Crippen LogP contribution in [-0.4, -0.2) is 36.1 Å². The predicted molar refractivity (Wildman–Crippen MR) is 85.5 cm³/mol. The van der Waals surface area contributed by atoms with E-state index in [-0.39, 0.29) is 5.82 Å². The van der Waals surface area contributed by atoms with Gasteiger partial charge in [0, 0.05) is 29.7 Å². The molecule has 0 spiro atoms. The molecule has 4 heteroatoms. The number of nitrogens with zero attached hydrogens (tertiary/aromatic N) is 1. The molecule has 2 rings (SSSR count). The first kappa shape index (κ1) is 15.8. The topological polar surface area (TPSA) is 28.3 Å². The largest absolute Gasteiger partial charge is 0.494 e. The number of methoxy groups -OCH3 is 1. The molecule has 0 aliphatic carbocycles. The molecule has 0 atom stereocenters. The summed E-state index contributed by atoms with van der Waals surface area (Å²) in [5, 5.41) is 0.662. The SMILES string of the molecule is CCCN(CCc1c[nH]c2ccc(OC)c(F)c12)C(C)C. The Morgan fingerprint density at radius 3 is 2.67 bits per heavy atom. The van der Waals surface area contributed by atoms with Crippen LogP contribution in [-0.2, 0) is 6.42 Å². The summed E-state index contributed by atoms with van der Waals surface area (Å²) < 4.78 is 19.5. The first-order valence-corrected chi connectivity index (χ1v) is 7.65. The van der Waals surface area contributed by atoms with Crippen LogP contribution in [0.5, 0.6) is 5.75 Å². The van der Waals surface area contributed by atoms with E-state index in [1.165, 1.54) is 7.11 Å². The number of benzene rings is 1. The Hall–Kier alpha value is -1.55. The van der Waals surface area contributed by atoms with Crippen molar-refractivity contribution in [3.8, 4) is 5.75 Å². The van der Waals surface area contributed by atoms with Crippen molar-refractivity contribution in [2.45, 2.75) is 39.7 Å². The van der Waals surface area contributed by atoms with Crippen LogP contribution in [0.15, 0.2) is 18.3 Å². The minimum atomic E-state index is -0.266. The lowest BCUT2D eigenvalue weighted by Crippen LogP contribution is -2.33. The number of H-pyrrole nitrogens is 1. The van der Waals surface area contributed by atoms with Crippen LogP contribution in [0.1, 0.15) is 32.8 Å². The summed E-state index contributed by atoms with van der Waals surface area (Å²) >= 11 is 0. The minimum Gasteiger partial charge on any atom is -0.494 e. The van der Waals surface area contributed by atoms with Gasteiger partial charge in [0.05, 0.1) is 7.11 Å². The lowest BCUT2D eigenvalue weighted by Gasteiger charge is -2.25. The molecule has 0 bridgehead atoms. The Bertz CT molecular complexity index is 592. The molecule has 0 saturated heterocycles. The van der Waals surface area contributed by atoms with Crippen molar-refractivity contribution in [3.63, 3.8) is 0 Å². The van der Waals surface area contributed by atoms with E-state index >= 15 is 0 Å². The van der Waals surface area contributed by atoms with Gasteiger partial charge < -0.3 is 14.6 Å². The van der Waals surface area contributed by atoms with E-state index in [0.717, 1.165) is 37.0 Å². The molecule has 0 fully saturated rings. The van der Waals surface area contributed by atoms with Gasteiger partial charge >= 0.3 is 0 Å². The van der Waals surface area contributed by atoms with E-state index in [4.69, 9.17) is 4.74 Å². The van der Waals surface area contributed by atoms with Gasteiger partial charge in [-0.15, -0.1) is 0 Å². The van der Waals surface area contributed by atoms with Crippen LogP contribution in [0.2, 0.25) is 0 Å². The molecule has 0 saturated carbocycles. The maximum Gasteiger partial charge on any atom is 0.174 e. The molecule has 116 valence electrons. The summed E-state index contributed by atoms with van der Waals surface area (Å²) in [6.45, 7) is 8.61. The van der Waals surface area contributed by atoms with E-state index in [9.17, 15) is 4.39 Å². The van der Waals surface area contributed by atoms with Gasteiger partial charge in [-0.3, -0.25) is 0 Å². The molecule has 1 aromatic carbocycles. The molecule has 1 aromatic heterocycles. The normalized spacial score (nSPS) is 11.8. The predicted octanol–water partition coefficient (Wildman–Crippen LogP) is 3.98. The second-order valence-corrected chi connectivity index (χ2v) is 5.70. The summed E-state index contributed by atoms with van der Waals surface area (Å²) in [5.41, 5.74) is 1.85. The second kappa shape index (κ2) is 6.94. The van der Waals surface area contributed by atoms with Crippen molar-refractivity contribution in [2.24, 2.45) is 0 Å². The summed E-state index contributed by atoms with van der Waals surface area (Å²) in [6.07, 6.45) is 3.88. The number of fused-ring (bicyclic) bond motifs is 1. The number of aromatic nitrogens is 1. The summed E-state index contributed by atoms with van der Waals surface area (Å²) in [4.78, 5) is 5.58. The average Bonchev–Trinajstić information content (AvgIpc) is 2.87. The number of aromatic amines is 1. The monoisotopic (exact) mass is 292 g/mol. The van der Waals surface area contributed by atoms with Gasteiger partial charge in [-0.2, -0.15) is 0 Å². The van der Waals surface area contributed by atoms with E-state index < -0.39 is 0 Å². The van der Waals surface area contributed by atoms with E-state index in [2.05, 4.69) is 30.7 Å². The maximum absolute atomic E-state index is 14.4. The summed E-state index contributed by atoms with van der Waals surface area (Å²) in [5.74, 6) is 0.0375. The quantitative estimate of drug-likeness (QED) is 0.836. The van der Waals surface area contributed by atoms with Crippen LogP contribution in [0.3, 0.4) is 0 Å². The first-order chi connectivity index (χ1) is 10.1. The Labute approximate surface area is 126 Å². The highest BCUT2D eigenvalue weighted by molar-refractivity contribution is 5.85. The van der Waals surface area contributed by atoms with Crippen LogP contribution < -0.4 is 4.74 Å². The fourth-order valence-corrected chi connectivity index (χ4v) is 2.76. The fraction of sp³-hybridized carbons (Fsp3) is 0.529. The number of ether oxygens (including phenoxy) is 1. The lowest BCUT2D eigenvalue weighted by atomic mass is 10.1. The number of rotatable bonds is 7. The van der Waals surface area contributed by atoms with Crippen molar-refractivity contribution < 1.29 is 9.13 Å². The fourth-order valence-electron chi connectivity index (χ4n) is 2.76. The van der Waals surface area contributed by atoms with Crippen LogP contribution in [0.25, 0.3) is 10.9 Å². The van der Waals surface area contributed by atoms with E-state index in [1.54, 1.807) is 6.07 Å². The van der Waals surface area contributed by atoms with Crippen LogP contribution >= 0.6 is 0 Å². The Kier molecular flexibility index (Phi) is 5.23. The zero-order chi connectivity index (χ0) is 15.4. The highest BCUT2D eigenvalue weighted by atomic mass is 19.1. The van der Waals surface area contributed by atoms with Crippen molar-refractivity contribution in [2.75, 3.05) is 20.2 Å². The van der Waals surface area contributed by atoms with Gasteiger partial charge in [0.25, 0.3) is 0 Å². The van der Waals surface area contributed by atoms with Gasteiger partial charge in [0.15, 0.2) is 11.6 Å². The van der Waals surface area contributed by atoms with Crippen LogP contribution in [0.4, 0.5) is 4.39 Å². The third kappa shape index (κ3) is 3.38. The van der Waals surface area contributed by atoms with Crippen molar-refractivity contribution in [3.05, 3.63) is 29.7 Å². The maximum atomic E-state index is 14.4. The molecule has 0 amide bonds. The number of hydrogen-bond donors (Lipinski definition) is 1. The van der Waals surface area contributed by atoms with Gasteiger partial charge in [0.1, 0.15) is 0 Å². The van der Waals surface area contributed by atoms with Gasteiger partial charge in [0.2, 0.25) is 0 Å².